The van der Waals surface area contributed by atoms with Crippen LogP contribution < -0.4 is 20.1 Å². The van der Waals surface area contributed by atoms with Gasteiger partial charge in [-0.2, -0.15) is 0 Å². The summed E-state index contributed by atoms with van der Waals surface area (Å²) in [5, 5.41) is 5.63. The molecule has 0 bridgehead atoms. The molecule has 25 heavy (non-hydrogen) atoms. The summed E-state index contributed by atoms with van der Waals surface area (Å²) in [7, 11) is 1.63. The van der Waals surface area contributed by atoms with Crippen LogP contribution in [0.3, 0.4) is 0 Å². The summed E-state index contributed by atoms with van der Waals surface area (Å²) >= 11 is 0. The summed E-state index contributed by atoms with van der Waals surface area (Å²) in [4.78, 5) is 23.9. The maximum absolute atomic E-state index is 12.3. The minimum Gasteiger partial charge on any atom is -0.497 e. The van der Waals surface area contributed by atoms with Gasteiger partial charge in [0.15, 0.2) is 6.10 Å². The van der Waals surface area contributed by atoms with Gasteiger partial charge in [-0.1, -0.05) is 12.1 Å². The smallest absolute Gasteiger partial charge is 0.265 e. The van der Waals surface area contributed by atoms with Crippen LogP contribution in [0.5, 0.6) is 11.5 Å². The fraction of sp³-hybridized carbons (Fsp3) is 0.263. The van der Waals surface area contributed by atoms with E-state index >= 15 is 0 Å². The Bertz CT molecular complexity index is 787. The van der Waals surface area contributed by atoms with E-state index in [9.17, 15) is 9.59 Å². The summed E-state index contributed by atoms with van der Waals surface area (Å²) in [6, 6.07) is 12.7. The van der Waals surface area contributed by atoms with Crippen LogP contribution in [-0.4, -0.2) is 31.6 Å². The first kappa shape index (κ1) is 16.8. The number of amides is 2. The van der Waals surface area contributed by atoms with Gasteiger partial charge < -0.3 is 20.1 Å². The second kappa shape index (κ2) is 7.25. The van der Waals surface area contributed by atoms with Crippen LogP contribution in [-0.2, 0) is 11.2 Å². The van der Waals surface area contributed by atoms with Crippen molar-refractivity contribution in [3.05, 3.63) is 53.6 Å². The molecule has 6 heteroatoms. The lowest BCUT2D eigenvalue weighted by Crippen LogP contribution is -2.34. The topological polar surface area (TPSA) is 76.7 Å². The number of rotatable bonds is 5. The third kappa shape index (κ3) is 3.91. The fourth-order valence-electron chi connectivity index (χ4n) is 2.56. The number of carbonyl (C=O) groups is 2. The average molecular weight is 340 g/mol. The normalized spacial score (nSPS) is 15.6. The van der Waals surface area contributed by atoms with Crippen molar-refractivity contribution in [1.82, 2.24) is 5.32 Å². The summed E-state index contributed by atoms with van der Waals surface area (Å²) < 4.78 is 10.6. The van der Waals surface area contributed by atoms with Gasteiger partial charge >= 0.3 is 0 Å². The van der Waals surface area contributed by atoms with Crippen molar-refractivity contribution in [1.29, 1.82) is 0 Å². The molecule has 2 amide bonds. The Kier molecular flexibility index (Phi) is 4.88. The summed E-state index contributed by atoms with van der Waals surface area (Å²) in [5.74, 6) is 0.951. The quantitative estimate of drug-likeness (QED) is 0.876. The molecule has 2 aromatic carbocycles. The third-order valence-electron chi connectivity index (χ3n) is 4.03. The Morgan fingerprint density at radius 1 is 1.24 bits per heavy atom. The van der Waals surface area contributed by atoms with Crippen molar-refractivity contribution in [3.8, 4) is 11.5 Å². The van der Waals surface area contributed by atoms with Gasteiger partial charge in [-0.25, -0.2) is 0 Å². The predicted molar refractivity (Wildman–Crippen MR) is 94.2 cm³/mol. The van der Waals surface area contributed by atoms with Crippen molar-refractivity contribution in [2.75, 3.05) is 19.0 Å². The third-order valence-corrected chi connectivity index (χ3v) is 4.03. The van der Waals surface area contributed by atoms with E-state index in [1.165, 1.54) is 0 Å². The lowest BCUT2D eigenvalue weighted by molar-refractivity contribution is -0.122. The Morgan fingerprint density at radius 3 is 2.72 bits per heavy atom. The highest BCUT2D eigenvalue weighted by atomic mass is 16.5. The Labute approximate surface area is 146 Å². The maximum Gasteiger partial charge on any atom is 0.265 e. The largest absolute Gasteiger partial charge is 0.497 e. The molecule has 3 rings (SSSR count). The van der Waals surface area contributed by atoms with Crippen molar-refractivity contribution in [3.63, 3.8) is 0 Å². The van der Waals surface area contributed by atoms with Crippen LogP contribution in [0, 0.1) is 0 Å². The molecule has 0 fully saturated rings. The molecule has 6 nitrogen and oxygen atoms in total. The SMILES string of the molecule is COc1ccc(CCNC(=O)c2ccc3c(c2)OC(C)C(=O)N3)cc1. The molecule has 0 aliphatic carbocycles. The van der Waals surface area contributed by atoms with E-state index in [-0.39, 0.29) is 11.8 Å². The van der Waals surface area contributed by atoms with E-state index in [4.69, 9.17) is 9.47 Å². The van der Waals surface area contributed by atoms with Crippen LogP contribution >= 0.6 is 0 Å². The standard InChI is InChI=1S/C19H20N2O4/c1-12-18(22)21-16-8-5-14(11-17(16)25-12)19(23)20-10-9-13-3-6-15(24-2)7-4-13/h3-8,11-12H,9-10H2,1-2H3,(H,20,23)(H,21,22). The first-order chi connectivity index (χ1) is 12.1. The first-order valence-corrected chi connectivity index (χ1v) is 8.09. The molecule has 1 heterocycles. The lowest BCUT2D eigenvalue weighted by Gasteiger charge is -2.23. The molecule has 2 aromatic rings. The van der Waals surface area contributed by atoms with Gasteiger partial charge in [-0.15, -0.1) is 0 Å². The molecule has 1 atom stereocenters. The lowest BCUT2D eigenvalue weighted by atomic mass is 10.1. The number of methoxy groups -OCH3 is 1. The van der Waals surface area contributed by atoms with Gasteiger partial charge in [0.05, 0.1) is 12.8 Å². The van der Waals surface area contributed by atoms with E-state index in [1.54, 1.807) is 32.2 Å². The molecule has 130 valence electrons. The zero-order valence-corrected chi connectivity index (χ0v) is 14.2. The molecular formula is C19H20N2O4. The minimum atomic E-state index is -0.569. The number of hydrogen-bond donors (Lipinski definition) is 2. The van der Waals surface area contributed by atoms with Gasteiger partial charge in [0.1, 0.15) is 11.5 Å². The van der Waals surface area contributed by atoms with Gasteiger partial charge in [0.25, 0.3) is 11.8 Å². The Balaban J connectivity index is 1.58. The molecule has 0 saturated carbocycles. The van der Waals surface area contributed by atoms with Crippen molar-refractivity contribution >= 4 is 17.5 Å². The number of carbonyl (C=O) groups excluding carboxylic acids is 2. The molecule has 2 N–H and O–H groups in total. The molecule has 1 aliphatic rings. The second-order valence-electron chi connectivity index (χ2n) is 5.81. The number of fused-ring (bicyclic) bond motifs is 1. The van der Waals surface area contributed by atoms with Crippen LogP contribution in [0.15, 0.2) is 42.5 Å². The van der Waals surface area contributed by atoms with Crippen molar-refractivity contribution < 1.29 is 19.1 Å². The second-order valence-corrected chi connectivity index (χ2v) is 5.81. The van der Waals surface area contributed by atoms with Crippen LogP contribution in [0.2, 0.25) is 0 Å². The molecule has 1 aliphatic heterocycles. The maximum atomic E-state index is 12.3. The van der Waals surface area contributed by atoms with Crippen LogP contribution in [0.4, 0.5) is 5.69 Å². The first-order valence-electron chi connectivity index (χ1n) is 8.09. The zero-order valence-electron chi connectivity index (χ0n) is 14.2. The predicted octanol–water partition coefficient (Wildman–Crippen LogP) is 2.39. The summed E-state index contributed by atoms with van der Waals surface area (Å²) in [5.41, 5.74) is 2.20. The molecular weight excluding hydrogens is 320 g/mol. The van der Waals surface area contributed by atoms with Crippen LogP contribution in [0.25, 0.3) is 0 Å². The van der Waals surface area contributed by atoms with E-state index in [0.29, 0.717) is 23.5 Å². The highest BCUT2D eigenvalue weighted by molar-refractivity contribution is 6.00. The molecule has 1 unspecified atom stereocenters. The molecule has 0 aromatic heterocycles. The van der Waals surface area contributed by atoms with Gasteiger partial charge in [0, 0.05) is 12.1 Å². The fourth-order valence-corrected chi connectivity index (χ4v) is 2.56. The number of hydrogen-bond acceptors (Lipinski definition) is 4. The van der Waals surface area contributed by atoms with E-state index < -0.39 is 6.10 Å². The highest BCUT2D eigenvalue weighted by Gasteiger charge is 2.24. The summed E-state index contributed by atoms with van der Waals surface area (Å²) in [6.07, 6.45) is 0.158. The molecule has 0 saturated heterocycles. The Hall–Kier alpha value is -3.02. The average Bonchev–Trinajstić information content (AvgIpc) is 2.63. The van der Waals surface area contributed by atoms with Crippen LogP contribution in [0.1, 0.15) is 22.8 Å². The molecule has 0 radical (unpaired) electrons. The monoisotopic (exact) mass is 340 g/mol. The van der Waals surface area contributed by atoms with Crippen molar-refractivity contribution in [2.45, 2.75) is 19.4 Å². The highest BCUT2D eigenvalue weighted by Crippen LogP contribution is 2.30. The number of ether oxygens (including phenoxy) is 2. The zero-order chi connectivity index (χ0) is 17.8. The minimum absolute atomic E-state index is 0.176. The Morgan fingerprint density at radius 2 is 2.00 bits per heavy atom. The van der Waals surface area contributed by atoms with E-state index in [1.807, 2.05) is 24.3 Å². The van der Waals surface area contributed by atoms with E-state index in [2.05, 4.69) is 10.6 Å². The van der Waals surface area contributed by atoms with E-state index in [0.717, 1.165) is 17.7 Å². The number of benzene rings is 2. The molecule has 0 spiro atoms. The van der Waals surface area contributed by atoms with Gasteiger partial charge in [-0.05, 0) is 49.2 Å². The number of anilines is 1. The number of nitrogens with one attached hydrogen (secondary N) is 2. The summed E-state index contributed by atoms with van der Waals surface area (Å²) in [6.45, 7) is 2.19. The van der Waals surface area contributed by atoms with Crippen molar-refractivity contribution in [2.24, 2.45) is 0 Å². The van der Waals surface area contributed by atoms with Gasteiger partial charge in [0.2, 0.25) is 0 Å². The van der Waals surface area contributed by atoms with Gasteiger partial charge in [-0.3, -0.25) is 9.59 Å².